The van der Waals surface area contributed by atoms with Crippen molar-refractivity contribution in [2.75, 3.05) is 26.3 Å². The minimum Gasteiger partial charge on any atom is -0.444 e. The maximum absolute atomic E-state index is 11.7. The predicted octanol–water partition coefficient (Wildman–Crippen LogP) is 1.92. The molecule has 5 heteroatoms. The molecule has 0 bridgehead atoms. The van der Waals surface area contributed by atoms with Gasteiger partial charge in [0.05, 0.1) is 6.61 Å². The fourth-order valence-corrected chi connectivity index (χ4v) is 2.47. The molecule has 2 fully saturated rings. The van der Waals surface area contributed by atoms with Gasteiger partial charge in [-0.3, -0.25) is 0 Å². The van der Waals surface area contributed by atoms with Crippen molar-refractivity contribution >= 4 is 6.09 Å². The third kappa shape index (κ3) is 5.67. The molecule has 0 aromatic heterocycles. The van der Waals surface area contributed by atoms with E-state index in [9.17, 15) is 4.79 Å². The van der Waals surface area contributed by atoms with E-state index in [1.54, 1.807) is 0 Å². The largest absolute Gasteiger partial charge is 0.444 e. The molecule has 0 radical (unpaired) electrons. The van der Waals surface area contributed by atoms with Gasteiger partial charge < -0.3 is 20.1 Å². The molecule has 20 heavy (non-hydrogen) atoms. The first-order valence-electron chi connectivity index (χ1n) is 7.72. The molecule has 1 aliphatic heterocycles. The highest BCUT2D eigenvalue weighted by Crippen LogP contribution is 2.32. The van der Waals surface area contributed by atoms with Crippen molar-refractivity contribution in [2.24, 2.45) is 11.8 Å². The minimum absolute atomic E-state index is 0.325. The Morgan fingerprint density at radius 3 is 2.65 bits per heavy atom. The molecule has 5 nitrogen and oxygen atoms in total. The number of rotatable bonds is 6. The highest BCUT2D eigenvalue weighted by atomic mass is 16.6. The smallest absolute Gasteiger partial charge is 0.407 e. The number of alkyl carbamates (subject to hydrolysis) is 1. The summed E-state index contributed by atoms with van der Waals surface area (Å²) in [6, 6.07) is 0.364. The maximum atomic E-state index is 11.7. The van der Waals surface area contributed by atoms with E-state index < -0.39 is 5.60 Å². The summed E-state index contributed by atoms with van der Waals surface area (Å²) < 4.78 is 10.7. The zero-order valence-electron chi connectivity index (χ0n) is 12.9. The lowest BCUT2D eigenvalue weighted by atomic mass is 10.1. The van der Waals surface area contributed by atoms with Crippen molar-refractivity contribution in [2.45, 2.75) is 51.7 Å². The molecular formula is C15H28N2O3. The number of amides is 1. The van der Waals surface area contributed by atoms with Crippen LogP contribution in [0, 0.1) is 11.8 Å². The molecule has 1 saturated carbocycles. The summed E-state index contributed by atoms with van der Waals surface area (Å²) in [7, 11) is 0. The molecule has 2 atom stereocenters. The quantitative estimate of drug-likeness (QED) is 0.782. The van der Waals surface area contributed by atoms with Crippen LogP contribution in [0.2, 0.25) is 0 Å². The highest BCUT2D eigenvalue weighted by Gasteiger charge is 2.32. The highest BCUT2D eigenvalue weighted by molar-refractivity contribution is 5.67. The normalized spacial score (nSPS) is 24.4. The second-order valence-corrected chi connectivity index (χ2v) is 6.96. The monoisotopic (exact) mass is 284 g/mol. The molecule has 2 unspecified atom stereocenters. The average molecular weight is 284 g/mol. The molecule has 1 saturated heterocycles. The summed E-state index contributed by atoms with van der Waals surface area (Å²) in [5, 5.41) is 6.47. The Morgan fingerprint density at radius 2 is 2.10 bits per heavy atom. The molecule has 1 amide bonds. The van der Waals surface area contributed by atoms with Gasteiger partial charge in [0.2, 0.25) is 0 Å². The second-order valence-electron chi connectivity index (χ2n) is 6.96. The van der Waals surface area contributed by atoms with Crippen molar-refractivity contribution in [3.05, 3.63) is 0 Å². The first-order valence-corrected chi connectivity index (χ1v) is 7.72. The van der Waals surface area contributed by atoms with Crippen LogP contribution in [0.15, 0.2) is 0 Å². The molecule has 1 heterocycles. The van der Waals surface area contributed by atoms with E-state index in [4.69, 9.17) is 9.47 Å². The van der Waals surface area contributed by atoms with Gasteiger partial charge in [0.1, 0.15) is 5.60 Å². The Bertz CT molecular complexity index is 318. The fourth-order valence-electron chi connectivity index (χ4n) is 2.47. The second kappa shape index (κ2) is 6.76. The van der Waals surface area contributed by atoms with E-state index in [1.807, 2.05) is 20.8 Å². The molecule has 0 aromatic carbocycles. The van der Waals surface area contributed by atoms with Crippen LogP contribution in [0.5, 0.6) is 0 Å². The van der Waals surface area contributed by atoms with Crippen LogP contribution in [-0.4, -0.2) is 44.0 Å². The summed E-state index contributed by atoms with van der Waals surface area (Å²) in [6.45, 7) is 9.01. The van der Waals surface area contributed by atoms with Gasteiger partial charge in [0.25, 0.3) is 0 Å². The lowest BCUT2D eigenvalue weighted by molar-refractivity contribution is 0.0520. The van der Waals surface area contributed by atoms with Crippen LogP contribution in [0.3, 0.4) is 0 Å². The molecule has 2 N–H and O–H groups in total. The molecular weight excluding hydrogens is 256 g/mol. The van der Waals surface area contributed by atoms with E-state index >= 15 is 0 Å². The van der Waals surface area contributed by atoms with E-state index in [0.29, 0.717) is 24.4 Å². The lowest BCUT2D eigenvalue weighted by Gasteiger charge is -2.23. The van der Waals surface area contributed by atoms with Gasteiger partial charge in [-0.1, -0.05) is 0 Å². The molecule has 0 aromatic rings. The Morgan fingerprint density at radius 1 is 1.35 bits per heavy atom. The van der Waals surface area contributed by atoms with Crippen molar-refractivity contribution in [1.29, 1.82) is 0 Å². The van der Waals surface area contributed by atoms with E-state index in [2.05, 4.69) is 10.6 Å². The Kier molecular flexibility index (Phi) is 5.27. The average Bonchev–Trinajstić information content (AvgIpc) is 3.03. The third-order valence-electron chi connectivity index (χ3n) is 3.75. The van der Waals surface area contributed by atoms with Gasteiger partial charge in [-0.05, 0) is 51.9 Å². The Labute approximate surface area is 121 Å². The van der Waals surface area contributed by atoms with Gasteiger partial charge in [-0.25, -0.2) is 4.79 Å². The van der Waals surface area contributed by atoms with Crippen LogP contribution in [0.25, 0.3) is 0 Å². The number of ether oxygens (including phenoxy) is 2. The van der Waals surface area contributed by atoms with E-state index in [-0.39, 0.29) is 6.09 Å². The predicted molar refractivity (Wildman–Crippen MR) is 77.7 cm³/mol. The summed E-state index contributed by atoms with van der Waals surface area (Å²) in [4.78, 5) is 11.7. The summed E-state index contributed by atoms with van der Waals surface area (Å²) in [5.41, 5.74) is -0.437. The van der Waals surface area contributed by atoms with Crippen molar-refractivity contribution in [3.63, 3.8) is 0 Å². The standard InChI is InChI=1S/C15H28N2O3/c1-15(2,3)20-14(18)17-9-13(12-4-5-12)16-8-11-6-7-19-10-11/h11-13,16H,4-10H2,1-3H3,(H,17,18). The maximum Gasteiger partial charge on any atom is 0.407 e. The summed E-state index contributed by atoms with van der Waals surface area (Å²) in [6.07, 6.45) is 3.34. The van der Waals surface area contributed by atoms with Gasteiger partial charge >= 0.3 is 6.09 Å². The Hall–Kier alpha value is -0.810. The molecule has 2 aliphatic rings. The van der Waals surface area contributed by atoms with Crippen molar-refractivity contribution in [1.82, 2.24) is 10.6 Å². The first-order chi connectivity index (χ1) is 9.44. The molecule has 1 aliphatic carbocycles. The lowest BCUT2D eigenvalue weighted by Crippen LogP contribution is -2.45. The third-order valence-corrected chi connectivity index (χ3v) is 3.75. The van der Waals surface area contributed by atoms with E-state index in [1.165, 1.54) is 12.8 Å². The summed E-state index contributed by atoms with van der Waals surface area (Å²) >= 11 is 0. The van der Waals surface area contributed by atoms with Crippen molar-refractivity contribution < 1.29 is 14.3 Å². The Balaban J connectivity index is 1.68. The number of carbonyl (C=O) groups excluding carboxylic acids is 1. The van der Waals surface area contributed by atoms with Gasteiger partial charge in [0.15, 0.2) is 0 Å². The zero-order valence-corrected chi connectivity index (χ0v) is 12.9. The van der Waals surface area contributed by atoms with Gasteiger partial charge in [-0.2, -0.15) is 0 Å². The molecule has 2 rings (SSSR count). The zero-order chi connectivity index (χ0) is 14.6. The van der Waals surface area contributed by atoms with Crippen LogP contribution in [-0.2, 0) is 9.47 Å². The SMILES string of the molecule is CC(C)(C)OC(=O)NCC(NCC1CCOC1)C1CC1. The fraction of sp³-hybridized carbons (Fsp3) is 0.933. The number of nitrogens with one attached hydrogen (secondary N) is 2. The topological polar surface area (TPSA) is 59.6 Å². The number of carbonyl (C=O) groups is 1. The van der Waals surface area contributed by atoms with Crippen LogP contribution >= 0.6 is 0 Å². The first kappa shape index (κ1) is 15.6. The molecule has 0 spiro atoms. The minimum atomic E-state index is -0.437. The van der Waals surface area contributed by atoms with Gasteiger partial charge in [0, 0.05) is 25.7 Å². The van der Waals surface area contributed by atoms with Crippen LogP contribution in [0.4, 0.5) is 4.79 Å². The van der Waals surface area contributed by atoms with Gasteiger partial charge in [-0.15, -0.1) is 0 Å². The molecule has 116 valence electrons. The van der Waals surface area contributed by atoms with E-state index in [0.717, 1.165) is 26.2 Å². The number of hydrogen-bond donors (Lipinski definition) is 2. The van der Waals surface area contributed by atoms with Crippen molar-refractivity contribution in [3.8, 4) is 0 Å². The number of hydrogen-bond acceptors (Lipinski definition) is 4. The summed E-state index contributed by atoms with van der Waals surface area (Å²) in [5.74, 6) is 1.32. The van der Waals surface area contributed by atoms with Crippen LogP contribution in [0.1, 0.15) is 40.0 Å². The van der Waals surface area contributed by atoms with Crippen LogP contribution < -0.4 is 10.6 Å².